The van der Waals surface area contributed by atoms with Crippen LogP contribution in [0.25, 0.3) is 0 Å². The van der Waals surface area contributed by atoms with E-state index in [0.29, 0.717) is 11.3 Å². The van der Waals surface area contributed by atoms with Crippen LogP contribution >= 0.6 is 12.4 Å². The molecule has 2 aliphatic carbocycles. The zero-order valence-electron chi connectivity index (χ0n) is 17.3. The van der Waals surface area contributed by atoms with Crippen molar-refractivity contribution in [2.75, 3.05) is 27.7 Å². The van der Waals surface area contributed by atoms with E-state index in [1.807, 2.05) is 6.07 Å². The van der Waals surface area contributed by atoms with Crippen LogP contribution in [0.1, 0.15) is 57.6 Å². The van der Waals surface area contributed by atoms with Crippen molar-refractivity contribution in [3.63, 3.8) is 0 Å². The third-order valence-corrected chi connectivity index (χ3v) is 6.84. The molecule has 1 fully saturated rings. The highest BCUT2D eigenvalue weighted by Crippen LogP contribution is 2.56. The zero-order valence-corrected chi connectivity index (χ0v) is 18.1. The van der Waals surface area contributed by atoms with Gasteiger partial charge in [-0.15, -0.1) is 12.4 Å². The summed E-state index contributed by atoms with van der Waals surface area (Å²) in [6.07, 6.45) is 5.02. The van der Waals surface area contributed by atoms with Gasteiger partial charge in [0.05, 0.1) is 12.7 Å². The highest BCUT2D eigenvalue weighted by Gasteiger charge is 2.58. The average molecular weight is 382 g/mol. The van der Waals surface area contributed by atoms with E-state index in [-0.39, 0.29) is 17.8 Å². The number of fused-ring (bicyclic) bond motifs is 1. The van der Waals surface area contributed by atoms with Gasteiger partial charge in [-0.2, -0.15) is 0 Å². The molecule has 0 amide bonds. The second kappa shape index (κ2) is 7.33. The number of hydrogen-bond donors (Lipinski definition) is 1. The standard InChI is InChI=1S/C22H35NO2.ClH/c1-20(2,3)17-9-11-22(24,12-10-17)21(15-23(4)5)14-16-7-8-18(25-6)13-19(16)21;/h7-8,13,17,24H,9-12,14-15H2,1-6H3;1H. The maximum Gasteiger partial charge on any atom is 0.119 e. The molecule has 148 valence electrons. The lowest BCUT2D eigenvalue weighted by molar-refractivity contribution is -0.103. The van der Waals surface area contributed by atoms with Crippen molar-refractivity contribution in [1.29, 1.82) is 0 Å². The van der Waals surface area contributed by atoms with Gasteiger partial charge in [-0.3, -0.25) is 0 Å². The van der Waals surface area contributed by atoms with Gasteiger partial charge >= 0.3 is 0 Å². The Hall–Kier alpha value is -0.770. The van der Waals surface area contributed by atoms with Crippen LogP contribution < -0.4 is 4.74 Å². The summed E-state index contributed by atoms with van der Waals surface area (Å²) in [6, 6.07) is 6.38. The lowest BCUT2D eigenvalue weighted by Crippen LogP contribution is -2.63. The Balaban J connectivity index is 0.00000243. The summed E-state index contributed by atoms with van der Waals surface area (Å²) in [4.78, 5) is 2.23. The normalized spacial score (nSPS) is 31.0. The van der Waals surface area contributed by atoms with E-state index in [1.54, 1.807) is 7.11 Å². The number of likely N-dealkylation sites (N-methyl/N-ethyl adjacent to an activating group) is 1. The predicted octanol–water partition coefficient (Wildman–Crippen LogP) is 4.44. The molecule has 2 aliphatic rings. The fourth-order valence-electron chi connectivity index (χ4n) is 5.28. The second-order valence-corrected chi connectivity index (χ2v) is 9.69. The molecule has 1 N–H and O–H groups in total. The summed E-state index contributed by atoms with van der Waals surface area (Å²) in [5.74, 6) is 1.60. The first kappa shape index (κ1) is 21.5. The Kier molecular flexibility index (Phi) is 6.07. The summed E-state index contributed by atoms with van der Waals surface area (Å²) >= 11 is 0. The SMILES string of the molecule is COc1ccc2c(c1)C(CN(C)C)(C1(O)CCC(C(C)(C)C)CC1)C2.Cl. The highest BCUT2D eigenvalue weighted by atomic mass is 35.5. The summed E-state index contributed by atoms with van der Waals surface area (Å²) in [5, 5.41) is 11.8. The van der Waals surface area contributed by atoms with E-state index in [9.17, 15) is 5.11 Å². The number of ether oxygens (including phenoxy) is 1. The predicted molar refractivity (Wildman–Crippen MR) is 111 cm³/mol. The van der Waals surface area contributed by atoms with E-state index >= 15 is 0 Å². The first-order valence-corrected chi connectivity index (χ1v) is 9.66. The molecule has 4 heteroatoms. The van der Waals surface area contributed by atoms with E-state index in [2.05, 4.69) is 51.9 Å². The minimum atomic E-state index is -0.613. The maximum atomic E-state index is 11.8. The van der Waals surface area contributed by atoms with E-state index in [0.717, 1.165) is 44.4 Å². The van der Waals surface area contributed by atoms with Crippen LogP contribution in [0.3, 0.4) is 0 Å². The summed E-state index contributed by atoms with van der Waals surface area (Å²) in [6.45, 7) is 7.90. The van der Waals surface area contributed by atoms with Crippen LogP contribution in [0.4, 0.5) is 0 Å². The molecule has 1 atom stereocenters. The largest absolute Gasteiger partial charge is 0.497 e. The van der Waals surface area contributed by atoms with Gasteiger partial charge in [0.25, 0.3) is 0 Å². The van der Waals surface area contributed by atoms with Crippen LogP contribution in [0.2, 0.25) is 0 Å². The number of methoxy groups -OCH3 is 1. The topological polar surface area (TPSA) is 32.7 Å². The van der Waals surface area contributed by atoms with Crippen molar-refractivity contribution < 1.29 is 9.84 Å². The van der Waals surface area contributed by atoms with Crippen molar-refractivity contribution in [3.8, 4) is 5.75 Å². The van der Waals surface area contributed by atoms with Gasteiger partial charge in [-0.1, -0.05) is 26.8 Å². The molecule has 0 aromatic heterocycles. The Morgan fingerprint density at radius 1 is 1.19 bits per heavy atom. The minimum absolute atomic E-state index is 0. The number of nitrogens with zero attached hydrogens (tertiary/aromatic N) is 1. The summed E-state index contributed by atoms with van der Waals surface area (Å²) in [5.41, 5.74) is 2.23. The van der Waals surface area contributed by atoms with Crippen LogP contribution in [0.15, 0.2) is 18.2 Å². The molecule has 0 heterocycles. The Morgan fingerprint density at radius 2 is 1.81 bits per heavy atom. The smallest absolute Gasteiger partial charge is 0.119 e. The molecule has 3 rings (SSSR count). The van der Waals surface area contributed by atoms with Crippen LogP contribution in [-0.4, -0.2) is 43.4 Å². The molecule has 0 saturated heterocycles. The van der Waals surface area contributed by atoms with Gasteiger partial charge in [0, 0.05) is 12.0 Å². The second-order valence-electron chi connectivity index (χ2n) is 9.69. The molecule has 26 heavy (non-hydrogen) atoms. The molecular weight excluding hydrogens is 346 g/mol. The first-order valence-electron chi connectivity index (χ1n) is 9.66. The molecule has 0 bridgehead atoms. The molecular formula is C22H36ClNO2. The molecule has 1 aromatic carbocycles. The lowest BCUT2D eigenvalue weighted by Gasteiger charge is -2.58. The highest BCUT2D eigenvalue weighted by molar-refractivity contribution is 5.85. The van der Waals surface area contributed by atoms with E-state index in [1.165, 1.54) is 11.1 Å². The maximum absolute atomic E-state index is 11.8. The van der Waals surface area contributed by atoms with E-state index < -0.39 is 5.60 Å². The summed E-state index contributed by atoms with van der Waals surface area (Å²) in [7, 11) is 5.95. The van der Waals surface area contributed by atoms with Crippen LogP contribution in [0, 0.1) is 11.3 Å². The fraction of sp³-hybridized carbons (Fsp3) is 0.727. The summed E-state index contributed by atoms with van der Waals surface area (Å²) < 4.78 is 5.47. The third kappa shape index (κ3) is 3.50. The Bertz CT molecular complexity index is 630. The van der Waals surface area contributed by atoms with Crippen molar-refractivity contribution in [2.45, 2.75) is 63.9 Å². The third-order valence-electron chi connectivity index (χ3n) is 6.84. The van der Waals surface area contributed by atoms with Gasteiger partial charge in [0.1, 0.15) is 5.75 Å². The van der Waals surface area contributed by atoms with Crippen molar-refractivity contribution >= 4 is 12.4 Å². The monoisotopic (exact) mass is 381 g/mol. The molecule has 0 aliphatic heterocycles. The first-order chi connectivity index (χ1) is 11.6. The molecule has 1 aromatic rings. The van der Waals surface area contributed by atoms with Gasteiger partial charge in [0.15, 0.2) is 0 Å². The van der Waals surface area contributed by atoms with Gasteiger partial charge in [-0.25, -0.2) is 0 Å². The van der Waals surface area contributed by atoms with Gasteiger partial charge in [0.2, 0.25) is 0 Å². The molecule has 0 spiro atoms. The number of aliphatic hydroxyl groups is 1. The number of benzene rings is 1. The van der Waals surface area contributed by atoms with Crippen LogP contribution in [0.5, 0.6) is 5.75 Å². The molecule has 3 nitrogen and oxygen atoms in total. The minimum Gasteiger partial charge on any atom is -0.497 e. The van der Waals surface area contributed by atoms with Crippen molar-refractivity contribution in [1.82, 2.24) is 4.90 Å². The number of halogens is 1. The number of hydrogen-bond acceptors (Lipinski definition) is 3. The molecule has 1 saturated carbocycles. The zero-order chi connectivity index (χ0) is 18.5. The van der Waals surface area contributed by atoms with E-state index in [4.69, 9.17) is 4.74 Å². The molecule has 0 radical (unpaired) electrons. The Labute approximate surface area is 165 Å². The van der Waals surface area contributed by atoms with Gasteiger partial charge in [-0.05, 0) is 80.8 Å². The van der Waals surface area contributed by atoms with Crippen molar-refractivity contribution in [2.24, 2.45) is 11.3 Å². The number of rotatable bonds is 4. The lowest BCUT2D eigenvalue weighted by atomic mass is 9.50. The Morgan fingerprint density at radius 3 is 2.31 bits per heavy atom. The fourth-order valence-corrected chi connectivity index (χ4v) is 5.28. The quantitative estimate of drug-likeness (QED) is 0.836. The van der Waals surface area contributed by atoms with Gasteiger partial charge < -0.3 is 14.7 Å². The van der Waals surface area contributed by atoms with Crippen LogP contribution in [-0.2, 0) is 11.8 Å². The van der Waals surface area contributed by atoms with Crippen molar-refractivity contribution in [3.05, 3.63) is 29.3 Å². The average Bonchev–Trinajstić information content (AvgIpc) is 2.51. The molecule has 1 unspecified atom stereocenters.